The van der Waals surface area contributed by atoms with Crippen molar-refractivity contribution in [2.75, 3.05) is 0 Å². The van der Waals surface area contributed by atoms with Crippen LogP contribution in [0.25, 0.3) is 0 Å². The van der Waals surface area contributed by atoms with Crippen LogP contribution in [0.5, 0.6) is 5.75 Å². The number of carbonyl (C=O) groups is 5. The molecule has 1 aromatic rings. The molecule has 230 valence electrons. The molecule has 3 aliphatic rings. The van der Waals surface area contributed by atoms with Gasteiger partial charge in [-0.1, -0.05) is 85.8 Å². The molecule has 0 bridgehead atoms. The Morgan fingerprint density at radius 3 is 2.14 bits per heavy atom. The van der Waals surface area contributed by atoms with Crippen molar-refractivity contribution in [3.8, 4) is 5.75 Å². The smallest absolute Gasteiger partial charge is 0.191 e. The molecular weight excluding hydrogens is 536 g/mol. The van der Waals surface area contributed by atoms with Crippen molar-refractivity contribution in [3.63, 3.8) is 0 Å². The number of Topliss-reactive ketones (excluding diaryl/α,β-unsaturated/α-hetero) is 5. The summed E-state index contributed by atoms with van der Waals surface area (Å²) in [5.74, 6) is -10.8. The van der Waals surface area contributed by atoms with Gasteiger partial charge in [-0.25, -0.2) is 0 Å². The van der Waals surface area contributed by atoms with E-state index in [1.165, 1.54) is 13.3 Å². The molecule has 8 atom stereocenters. The average molecular weight is 583 g/mol. The molecule has 8 nitrogen and oxygen atoms in total. The lowest BCUT2D eigenvalue weighted by Gasteiger charge is -2.65. The SMILES string of the molecule is CCCCCCCCc1ccc2c(c1O)C(=O)C1C(=O)[C@@]3(O)C(=O)C(C(C)=O)C(=O)C(C(C)C)[C@@]3(C)[C@H](O)[C@@]1(C)[C@@H]2C. The zero-order valence-electron chi connectivity index (χ0n) is 26.0. The molecule has 1 aromatic carbocycles. The fourth-order valence-electron chi connectivity index (χ4n) is 8.69. The fraction of sp³-hybridized carbons (Fsp3) is 0.676. The molecule has 0 spiro atoms. The van der Waals surface area contributed by atoms with E-state index in [1.807, 2.05) is 0 Å². The second kappa shape index (κ2) is 11.1. The summed E-state index contributed by atoms with van der Waals surface area (Å²) in [6.45, 7) is 11.3. The van der Waals surface area contributed by atoms with Gasteiger partial charge in [-0.2, -0.15) is 0 Å². The summed E-state index contributed by atoms with van der Waals surface area (Å²) in [5.41, 5.74) is -5.42. The Bertz CT molecular complexity index is 1330. The molecule has 3 unspecified atom stereocenters. The van der Waals surface area contributed by atoms with Crippen LogP contribution in [0.2, 0.25) is 0 Å². The summed E-state index contributed by atoms with van der Waals surface area (Å²) < 4.78 is 0. The molecule has 0 aromatic heterocycles. The van der Waals surface area contributed by atoms with Crippen molar-refractivity contribution in [1.29, 1.82) is 0 Å². The number of phenols is 1. The summed E-state index contributed by atoms with van der Waals surface area (Å²) in [6.07, 6.45) is 5.23. The van der Waals surface area contributed by atoms with Crippen LogP contribution in [0.4, 0.5) is 0 Å². The maximum absolute atomic E-state index is 14.5. The van der Waals surface area contributed by atoms with Gasteiger partial charge in [0.05, 0.1) is 17.6 Å². The Labute approximate surface area is 248 Å². The predicted molar refractivity (Wildman–Crippen MR) is 156 cm³/mol. The molecule has 2 saturated carbocycles. The highest BCUT2D eigenvalue weighted by atomic mass is 16.3. The van der Waals surface area contributed by atoms with E-state index in [1.54, 1.807) is 39.8 Å². The van der Waals surface area contributed by atoms with E-state index in [0.717, 1.165) is 39.0 Å². The highest BCUT2D eigenvalue weighted by Gasteiger charge is 2.80. The first-order chi connectivity index (χ1) is 19.6. The number of rotatable bonds is 9. The molecule has 0 aliphatic heterocycles. The lowest BCUT2D eigenvalue weighted by atomic mass is 9.37. The maximum atomic E-state index is 14.5. The Kier molecular flexibility index (Phi) is 8.50. The van der Waals surface area contributed by atoms with E-state index in [0.29, 0.717) is 17.5 Å². The number of fused-ring (bicyclic) bond motifs is 3. The highest BCUT2D eigenvalue weighted by molar-refractivity contribution is 6.32. The summed E-state index contributed by atoms with van der Waals surface area (Å²) in [4.78, 5) is 68.7. The Morgan fingerprint density at radius 1 is 0.976 bits per heavy atom. The molecule has 0 amide bonds. The first-order valence-corrected chi connectivity index (χ1v) is 15.5. The molecule has 0 heterocycles. The topological polar surface area (TPSA) is 146 Å². The van der Waals surface area contributed by atoms with Crippen molar-refractivity contribution in [1.82, 2.24) is 0 Å². The predicted octanol–water partition coefficient (Wildman–Crippen LogP) is 4.53. The number of aliphatic hydroxyl groups excluding tert-OH is 1. The monoisotopic (exact) mass is 582 g/mol. The van der Waals surface area contributed by atoms with Crippen LogP contribution in [0.3, 0.4) is 0 Å². The largest absolute Gasteiger partial charge is 0.507 e. The van der Waals surface area contributed by atoms with Crippen LogP contribution < -0.4 is 0 Å². The van der Waals surface area contributed by atoms with Crippen LogP contribution in [0.15, 0.2) is 12.1 Å². The van der Waals surface area contributed by atoms with Crippen molar-refractivity contribution >= 4 is 28.9 Å². The normalized spacial score (nSPS) is 36.1. The molecule has 2 fully saturated rings. The lowest BCUT2D eigenvalue weighted by Crippen LogP contribution is -2.81. The van der Waals surface area contributed by atoms with Crippen LogP contribution in [0.1, 0.15) is 114 Å². The molecule has 8 heteroatoms. The zero-order chi connectivity index (χ0) is 31.5. The Balaban J connectivity index is 1.85. The molecule has 3 aliphatic carbocycles. The number of phenolic OH excluding ortho intramolecular Hbond substituents is 1. The van der Waals surface area contributed by atoms with Gasteiger partial charge in [-0.3, -0.25) is 24.0 Å². The zero-order valence-corrected chi connectivity index (χ0v) is 26.0. The number of carbonyl (C=O) groups excluding carboxylic acids is 5. The molecule has 42 heavy (non-hydrogen) atoms. The van der Waals surface area contributed by atoms with E-state index in [-0.39, 0.29) is 11.3 Å². The van der Waals surface area contributed by atoms with Crippen LogP contribution in [-0.2, 0) is 25.6 Å². The number of benzene rings is 1. The summed E-state index contributed by atoms with van der Waals surface area (Å²) in [7, 11) is 0. The third kappa shape index (κ3) is 4.11. The molecular formula is C34H46O8. The number of unbranched alkanes of at least 4 members (excludes halogenated alkanes) is 5. The molecule has 3 N–H and O–H groups in total. The Hall–Kier alpha value is -2.71. The minimum atomic E-state index is -2.95. The number of aliphatic hydroxyl groups is 2. The van der Waals surface area contributed by atoms with Gasteiger partial charge in [-0.05, 0) is 42.7 Å². The van der Waals surface area contributed by atoms with Gasteiger partial charge in [0.15, 0.2) is 28.7 Å². The van der Waals surface area contributed by atoms with E-state index in [2.05, 4.69) is 6.92 Å². The van der Waals surface area contributed by atoms with E-state index >= 15 is 0 Å². The van der Waals surface area contributed by atoms with Gasteiger partial charge >= 0.3 is 0 Å². The average Bonchev–Trinajstić information content (AvgIpc) is 2.91. The third-order valence-corrected chi connectivity index (χ3v) is 11.1. The van der Waals surface area contributed by atoms with Gasteiger partial charge < -0.3 is 15.3 Å². The number of hydrogen-bond acceptors (Lipinski definition) is 8. The minimum absolute atomic E-state index is 0.0240. The van der Waals surface area contributed by atoms with Gasteiger partial charge in [-0.15, -0.1) is 0 Å². The van der Waals surface area contributed by atoms with E-state index < -0.39 is 81.0 Å². The first-order valence-electron chi connectivity index (χ1n) is 15.5. The van der Waals surface area contributed by atoms with Crippen LogP contribution in [-0.4, -0.2) is 55.9 Å². The quantitative estimate of drug-likeness (QED) is 0.284. The Morgan fingerprint density at radius 2 is 1.57 bits per heavy atom. The first kappa shape index (κ1) is 32.2. The summed E-state index contributed by atoms with van der Waals surface area (Å²) in [6, 6.07) is 3.54. The second-order valence-electron chi connectivity index (χ2n) is 13.7. The fourth-order valence-corrected chi connectivity index (χ4v) is 8.69. The maximum Gasteiger partial charge on any atom is 0.191 e. The lowest BCUT2D eigenvalue weighted by molar-refractivity contribution is -0.240. The third-order valence-electron chi connectivity index (χ3n) is 11.1. The standard InChI is InChI=1S/C34H46O8/c1-8-9-10-11-12-13-14-20-15-16-21-18(4)32(6)25(28(38)23(21)26(20)36)30(40)34(42)29(39)22(19(5)35)27(37)24(17(2)3)33(34,7)31(32)41/h15-18,22,24-25,31,36,41-42H,8-14H2,1-7H3/t18-,22?,24?,25?,31-,32+,33+,34+/m1/s1. The molecule has 0 saturated heterocycles. The number of aromatic hydroxyl groups is 1. The highest BCUT2D eigenvalue weighted by Crippen LogP contribution is 2.66. The number of aryl methyl sites for hydroxylation is 1. The van der Waals surface area contributed by atoms with E-state index in [4.69, 9.17) is 0 Å². The van der Waals surface area contributed by atoms with Gasteiger partial charge in [0.2, 0.25) is 0 Å². The van der Waals surface area contributed by atoms with Crippen LogP contribution in [0, 0.1) is 34.5 Å². The van der Waals surface area contributed by atoms with Gasteiger partial charge in [0.25, 0.3) is 0 Å². The van der Waals surface area contributed by atoms with Crippen molar-refractivity contribution < 1.29 is 39.3 Å². The number of hydrogen-bond donors (Lipinski definition) is 3. The van der Waals surface area contributed by atoms with Gasteiger partial charge in [0.1, 0.15) is 17.5 Å². The minimum Gasteiger partial charge on any atom is -0.507 e. The van der Waals surface area contributed by atoms with Gasteiger partial charge in [0, 0.05) is 16.7 Å². The van der Waals surface area contributed by atoms with Crippen LogP contribution >= 0.6 is 0 Å². The van der Waals surface area contributed by atoms with E-state index in [9.17, 15) is 39.3 Å². The summed E-state index contributed by atoms with van der Waals surface area (Å²) in [5, 5.41) is 35.7. The molecule has 4 rings (SSSR count). The van der Waals surface area contributed by atoms with Crippen molar-refractivity contribution in [3.05, 3.63) is 28.8 Å². The number of ketones is 5. The second-order valence-corrected chi connectivity index (χ2v) is 13.7. The van der Waals surface area contributed by atoms with Crippen molar-refractivity contribution in [2.24, 2.45) is 34.5 Å². The summed E-state index contributed by atoms with van der Waals surface area (Å²) >= 11 is 0. The van der Waals surface area contributed by atoms with Crippen molar-refractivity contribution in [2.45, 2.75) is 111 Å². The molecule has 0 radical (unpaired) electrons.